The molecule has 1 atom stereocenters. The molecular weight excluding hydrogens is 469 g/mol. The zero-order valence-corrected chi connectivity index (χ0v) is 18.4. The largest absolute Gasteiger partial charge is 0.490 e. The number of amides is 1. The number of nitrogens with zero attached hydrogens (tertiary/aromatic N) is 3. The zero-order chi connectivity index (χ0) is 25.4. The lowest BCUT2D eigenvalue weighted by Crippen LogP contribution is -2.29. The molecule has 10 nitrogen and oxygen atoms in total. The minimum atomic E-state index is -5.08. The van der Waals surface area contributed by atoms with Crippen molar-refractivity contribution < 1.29 is 27.9 Å². The van der Waals surface area contributed by atoms with Crippen LogP contribution in [-0.4, -0.2) is 56.0 Å². The van der Waals surface area contributed by atoms with Crippen LogP contribution in [0.3, 0.4) is 0 Å². The Morgan fingerprint density at radius 3 is 2.69 bits per heavy atom. The summed E-state index contributed by atoms with van der Waals surface area (Å²) < 4.78 is 33.3. The van der Waals surface area contributed by atoms with Gasteiger partial charge >= 0.3 is 17.8 Å². The Labute approximate surface area is 197 Å². The van der Waals surface area contributed by atoms with Crippen LogP contribution in [0.25, 0.3) is 0 Å². The second-order valence-corrected chi connectivity index (χ2v) is 7.73. The van der Waals surface area contributed by atoms with E-state index in [4.69, 9.17) is 9.90 Å². The number of rotatable bonds is 5. The van der Waals surface area contributed by atoms with E-state index in [1.807, 2.05) is 24.3 Å². The van der Waals surface area contributed by atoms with Crippen molar-refractivity contribution in [3.05, 3.63) is 76.2 Å². The first-order chi connectivity index (χ1) is 16.6. The summed E-state index contributed by atoms with van der Waals surface area (Å²) in [5.74, 6) is -2.68. The molecule has 3 heterocycles. The van der Waals surface area contributed by atoms with Gasteiger partial charge in [-0.25, -0.2) is 14.6 Å². The first-order valence-corrected chi connectivity index (χ1v) is 10.6. The normalized spacial score (nSPS) is 15.6. The number of aromatic nitrogens is 4. The summed E-state index contributed by atoms with van der Waals surface area (Å²) in [4.78, 5) is 37.2. The maximum atomic E-state index is 12.8. The molecule has 4 N–H and O–H groups in total. The fourth-order valence-electron chi connectivity index (χ4n) is 3.55. The molecule has 1 aliphatic heterocycles. The predicted molar refractivity (Wildman–Crippen MR) is 119 cm³/mol. The van der Waals surface area contributed by atoms with Gasteiger partial charge in [-0.2, -0.15) is 18.3 Å². The molecule has 2 aromatic heterocycles. The number of anilines is 1. The highest BCUT2D eigenvalue weighted by Gasteiger charge is 2.38. The van der Waals surface area contributed by atoms with Crippen molar-refractivity contribution in [1.29, 1.82) is 0 Å². The molecule has 35 heavy (non-hydrogen) atoms. The number of alkyl halides is 3. The number of halogens is 3. The lowest BCUT2D eigenvalue weighted by Gasteiger charge is -2.22. The van der Waals surface area contributed by atoms with E-state index in [2.05, 4.69) is 25.8 Å². The monoisotopic (exact) mass is 492 g/mol. The van der Waals surface area contributed by atoms with Gasteiger partial charge in [-0.05, 0) is 43.1 Å². The molecule has 1 saturated heterocycles. The number of carboxylic acid groups (broad SMARTS) is 1. The molecule has 1 fully saturated rings. The number of H-pyrrole nitrogens is 1. The lowest BCUT2D eigenvalue weighted by molar-refractivity contribution is -0.192. The van der Waals surface area contributed by atoms with E-state index in [9.17, 15) is 22.8 Å². The third kappa shape index (κ3) is 7.24. The summed E-state index contributed by atoms with van der Waals surface area (Å²) in [5.41, 5.74) is 2.71. The topological polar surface area (TPSA) is 142 Å². The average Bonchev–Trinajstić information content (AvgIpc) is 3.32. The molecule has 0 spiro atoms. The van der Waals surface area contributed by atoms with Gasteiger partial charge in [0.1, 0.15) is 5.69 Å². The Kier molecular flexibility index (Phi) is 8.36. The molecule has 0 bridgehead atoms. The summed E-state index contributed by atoms with van der Waals surface area (Å²) in [6.07, 6.45) is 1.96. The van der Waals surface area contributed by atoms with Gasteiger partial charge in [0.25, 0.3) is 5.91 Å². The van der Waals surface area contributed by atoms with Crippen LogP contribution in [-0.2, 0) is 11.3 Å². The van der Waals surface area contributed by atoms with Gasteiger partial charge in [-0.15, -0.1) is 0 Å². The average molecular weight is 492 g/mol. The molecule has 4 rings (SSSR count). The summed E-state index contributed by atoms with van der Waals surface area (Å²) in [6, 6.07) is 9.16. The van der Waals surface area contributed by atoms with E-state index < -0.39 is 12.1 Å². The van der Waals surface area contributed by atoms with Crippen molar-refractivity contribution in [2.24, 2.45) is 0 Å². The number of aromatic amines is 1. The summed E-state index contributed by atoms with van der Waals surface area (Å²) in [7, 11) is 0. The molecule has 1 unspecified atom stereocenters. The van der Waals surface area contributed by atoms with Crippen molar-refractivity contribution in [2.75, 3.05) is 18.4 Å². The van der Waals surface area contributed by atoms with Gasteiger partial charge in [-0.3, -0.25) is 14.5 Å². The molecule has 13 heteroatoms. The first kappa shape index (κ1) is 25.6. The Morgan fingerprint density at radius 2 is 2.03 bits per heavy atom. The fourth-order valence-corrected chi connectivity index (χ4v) is 3.55. The van der Waals surface area contributed by atoms with Crippen LogP contribution >= 0.6 is 0 Å². The van der Waals surface area contributed by atoms with Crippen molar-refractivity contribution in [3.8, 4) is 0 Å². The quantitative estimate of drug-likeness (QED) is 0.428. The summed E-state index contributed by atoms with van der Waals surface area (Å²) in [6.45, 7) is 2.26. The van der Waals surface area contributed by atoms with Gasteiger partial charge in [0, 0.05) is 36.1 Å². The van der Waals surface area contributed by atoms with Crippen molar-refractivity contribution in [2.45, 2.75) is 31.5 Å². The lowest BCUT2D eigenvalue weighted by atomic mass is 9.92. The first-order valence-electron chi connectivity index (χ1n) is 10.6. The Bertz CT molecular complexity index is 1220. The molecule has 1 aliphatic rings. The number of carboxylic acids is 1. The van der Waals surface area contributed by atoms with Crippen molar-refractivity contribution in [3.63, 3.8) is 0 Å². The summed E-state index contributed by atoms with van der Waals surface area (Å²) in [5, 5.41) is 20.3. The fraction of sp³-hybridized carbons (Fsp3) is 0.318. The van der Waals surface area contributed by atoms with E-state index in [1.54, 1.807) is 18.5 Å². The maximum absolute atomic E-state index is 12.8. The minimum Gasteiger partial charge on any atom is -0.475 e. The zero-order valence-electron chi connectivity index (χ0n) is 18.4. The van der Waals surface area contributed by atoms with Crippen molar-refractivity contribution >= 4 is 17.6 Å². The number of hydrogen-bond acceptors (Lipinski definition) is 6. The molecule has 0 saturated carbocycles. The van der Waals surface area contributed by atoms with Crippen LogP contribution in [0.5, 0.6) is 0 Å². The molecule has 186 valence electrons. The third-order valence-corrected chi connectivity index (χ3v) is 5.20. The molecular formula is C22H23F3N6O4. The van der Waals surface area contributed by atoms with E-state index in [0.717, 1.165) is 37.1 Å². The Balaban J connectivity index is 0.000000429. The van der Waals surface area contributed by atoms with Crippen molar-refractivity contribution in [1.82, 2.24) is 25.1 Å². The Hall–Kier alpha value is -4.00. The van der Waals surface area contributed by atoms with Gasteiger partial charge in [0.15, 0.2) is 0 Å². The number of hydrogen-bond donors (Lipinski definition) is 4. The number of benzene rings is 1. The molecule has 3 aromatic rings. The third-order valence-electron chi connectivity index (χ3n) is 5.20. The highest BCUT2D eigenvalue weighted by molar-refractivity contribution is 6.04. The number of carbonyl (C=O) groups is 2. The highest BCUT2D eigenvalue weighted by Crippen LogP contribution is 2.25. The van der Waals surface area contributed by atoms with E-state index in [0.29, 0.717) is 17.9 Å². The second kappa shape index (κ2) is 11.4. The van der Waals surface area contributed by atoms with Gasteiger partial charge in [0.2, 0.25) is 0 Å². The smallest absolute Gasteiger partial charge is 0.475 e. The minimum absolute atomic E-state index is 0.214. The molecule has 0 aliphatic carbocycles. The van der Waals surface area contributed by atoms with Crippen LogP contribution in [0.1, 0.15) is 40.4 Å². The molecule has 1 aromatic carbocycles. The maximum Gasteiger partial charge on any atom is 0.490 e. The van der Waals surface area contributed by atoms with Crippen LogP contribution < -0.4 is 16.3 Å². The predicted octanol–water partition coefficient (Wildman–Crippen LogP) is 2.37. The number of piperidine rings is 1. The molecule has 1 amide bonds. The van der Waals surface area contributed by atoms with Gasteiger partial charge < -0.3 is 15.7 Å². The van der Waals surface area contributed by atoms with Crippen LogP contribution in [0.15, 0.2) is 53.7 Å². The van der Waals surface area contributed by atoms with Gasteiger partial charge in [0.05, 0.1) is 12.7 Å². The van der Waals surface area contributed by atoms with E-state index in [1.165, 1.54) is 10.8 Å². The standard InChI is InChI=1S/C20H22N6O2.C2HF3O2/c27-19(18-17(12-23-25-18)15-5-2-7-21-11-15)24-16-6-1-4-14(10-16)13-26-9-3-8-22-20(26)28;3-2(4,5)1(6)7/h1,3-4,6,8-10,12,15,21H,2,5,7,11,13H2,(H,23,25)(H,24,27);(H,6,7). The highest BCUT2D eigenvalue weighted by atomic mass is 19.4. The van der Waals surface area contributed by atoms with E-state index in [-0.39, 0.29) is 17.5 Å². The number of carbonyl (C=O) groups excluding carboxylic acids is 1. The molecule has 0 radical (unpaired) electrons. The van der Waals surface area contributed by atoms with E-state index >= 15 is 0 Å². The summed E-state index contributed by atoms with van der Waals surface area (Å²) >= 11 is 0. The van der Waals surface area contributed by atoms with Crippen LogP contribution in [0.4, 0.5) is 18.9 Å². The van der Waals surface area contributed by atoms with Crippen LogP contribution in [0, 0.1) is 0 Å². The number of aliphatic carboxylic acids is 1. The van der Waals surface area contributed by atoms with Gasteiger partial charge in [-0.1, -0.05) is 12.1 Å². The second-order valence-electron chi connectivity index (χ2n) is 7.73. The Morgan fingerprint density at radius 1 is 1.26 bits per heavy atom. The SMILES string of the molecule is O=C(Nc1cccc(Cn2cccnc2=O)c1)c1[nH]ncc1C1CCCNC1.O=C(O)C(F)(F)F. The van der Waals surface area contributed by atoms with Crippen LogP contribution in [0.2, 0.25) is 0 Å². The number of nitrogens with one attached hydrogen (secondary N) is 3.